The standard InChI is InChI=1S/C27H48N8O12/c1-11(2)19(28)25(44)31-13(5)22(41)30-7-17(39)29-8-18(40)34-21(14(6)38)26(45)33-15(9-36)23(42)32-16(10-37)24(43)35-20(12(3)4)27(46)47/h11-16,19-21,36-38H,7-10,28H2,1-6H3,(H,29,39)(H,30,41)(H,31,44)(H,32,42)(H,33,45)(H,34,40)(H,35,43)(H,46,47)/t13-,14+,15-,16-,19-,20-,21-/m0/s1. The lowest BCUT2D eigenvalue weighted by Crippen LogP contribution is -2.61. The molecule has 0 aliphatic heterocycles. The van der Waals surface area contributed by atoms with Gasteiger partial charge in [0.25, 0.3) is 0 Å². The molecule has 0 saturated heterocycles. The predicted octanol–water partition coefficient (Wildman–Crippen LogP) is -6.25. The van der Waals surface area contributed by atoms with Crippen LogP contribution in [0.5, 0.6) is 0 Å². The number of nitrogens with two attached hydrogens (primary N) is 1. The summed E-state index contributed by atoms with van der Waals surface area (Å²) in [7, 11) is 0. The van der Waals surface area contributed by atoms with Gasteiger partial charge < -0.3 is 63.4 Å². The van der Waals surface area contributed by atoms with Gasteiger partial charge in [0.05, 0.1) is 38.4 Å². The Balaban J connectivity index is 5.06. The van der Waals surface area contributed by atoms with Crippen molar-refractivity contribution in [1.29, 1.82) is 0 Å². The summed E-state index contributed by atoms with van der Waals surface area (Å²) in [6.07, 6.45) is -1.54. The first-order chi connectivity index (χ1) is 21.8. The molecule has 0 aromatic heterocycles. The number of aliphatic hydroxyl groups is 3. The Labute approximate surface area is 271 Å². The van der Waals surface area contributed by atoms with E-state index in [1.165, 1.54) is 20.8 Å². The Bertz CT molecular complexity index is 1130. The molecule has 0 saturated carbocycles. The Morgan fingerprint density at radius 2 is 1.06 bits per heavy atom. The maximum absolute atomic E-state index is 12.8. The number of hydrogen-bond donors (Lipinski definition) is 12. The second-order valence-electron chi connectivity index (χ2n) is 11.3. The van der Waals surface area contributed by atoms with Crippen molar-refractivity contribution >= 4 is 47.3 Å². The van der Waals surface area contributed by atoms with Gasteiger partial charge in [0.2, 0.25) is 41.4 Å². The van der Waals surface area contributed by atoms with E-state index in [0.29, 0.717) is 0 Å². The highest BCUT2D eigenvalue weighted by molar-refractivity contribution is 5.96. The fourth-order valence-corrected chi connectivity index (χ4v) is 3.56. The Morgan fingerprint density at radius 1 is 0.574 bits per heavy atom. The van der Waals surface area contributed by atoms with E-state index in [4.69, 9.17) is 5.73 Å². The Hall–Kier alpha value is -4.40. The molecule has 0 rings (SSSR count). The van der Waals surface area contributed by atoms with Crippen molar-refractivity contribution in [3.05, 3.63) is 0 Å². The van der Waals surface area contributed by atoms with Gasteiger partial charge in [0.15, 0.2) is 0 Å². The minimum atomic E-state index is -1.74. The van der Waals surface area contributed by atoms with Crippen LogP contribution in [0.4, 0.5) is 0 Å². The topological polar surface area (TPSA) is 328 Å². The van der Waals surface area contributed by atoms with Crippen molar-refractivity contribution in [1.82, 2.24) is 37.2 Å². The van der Waals surface area contributed by atoms with E-state index in [2.05, 4.69) is 37.2 Å². The zero-order chi connectivity index (χ0) is 36.6. The van der Waals surface area contributed by atoms with Crippen LogP contribution in [0.2, 0.25) is 0 Å². The fourth-order valence-electron chi connectivity index (χ4n) is 3.56. The molecule has 0 heterocycles. The monoisotopic (exact) mass is 676 g/mol. The van der Waals surface area contributed by atoms with Gasteiger partial charge in [-0.2, -0.15) is 0 Å². The molecule has 13 N–H and O–H groups in total. The van der Waals surface area contributed by atoms with Crippen LogP contribution in [0, 0.1) is 11.8 Å². The third kappa shape index (κ3) is 15.2. The van der Waals surface area contributed by atoms with Crippen LogP contribution in [0.1, 0.15) is 41.5 Å². The molecule has 0 unspecified atom stereocenters. The molecular formula is C27H48N8O12. The molecule has 0 aliphatic rings. The summed E-state index contributed by atoms with van der Waals surface area (Å²) >= 11 is 0. The van der Waals surface area contributed by atoms with Crippen molar-refractivity contribution in [3.8, 4) is 0 Å². The number of carbonyl (C=O) groups excluding carboxylic acids is 7. The molecule has 0 aromatic carbocycles. The van der Waals surface area contributed by atoms with Crippen LogP contribution in [0.15, 0.2) is 0 Å². The van der Waals surface area contributed by atoms with E-state index in [9.17, 15) is 58.8 Å². The number of amides is 7. The number of aliphatic carboxylic acids is 1. The van der Waals surface area contributed by atoms with Crippen molar-refractivity contribution in [2.24, 2.45) is 17.6 Å². The molecule has 0 aliphatic carbocycles. The lowest BCUT2D eigenvalue weighted by molar-refractivity contribution is -0.144. The zero-order valence-electron chi connectivity index (χ0n) is 27.2. The lowest BCUT2D eigenvalue weighted by Gasteiger charge is -2.26. The summed E-state index contributed by atoms with van der Waals surface area (Å²) in [4.78, 5) is 97.8. The molecule has 20 heteroatoms. The molecule has 0 fully saturated rings. The normalized spacial score (nSPS) is 15.5. The van der Waals surface area contributed by atoms with Crippen LogP contribution in [0.3, 0.4) is 0 Å². The number of aliphatic hydroxyl groups excluding tert-OH is 3. The van der Waals surface area contributed by atoms with Crippen LogP contribution in [-0.2, 0) is 38.4 Å². The zero-order valence-corrected chi connectivity index (χ0v) is 27.2. The van der Waals surface area contributed by atoms with Crippen molar-refractivity contribution in [2.75, 3.05) is 26.3 Å². The van der Waals surface area contributed by atoms with E-state index in [1.807, 2.05) is 0 Å². The van der Waals surface area contributed by atoms with Gasteiger partial charge in [-0.05, 0) is 25.7 Å². The largest absolute Gasteiger partial charge is 0.480 e. The Kier molecular flexibility index (Phi) is 18.7. The lowest BCUT2D eigenvalue weighted by atomic mass is 10.0. The van der Waals surface area contributed by atoms with Gasteiger partial charge in [0.1, 0.15) is 30.2 Å². The molecule has 0 aromatic rings. The molecule has 7 atom stereocenters. The average Bonchev–Trinajstić information content (AvgIpc) is 2.99. The van der Waals surface area contributed by atoms with E-state index in [-0.39, 0.29) is 5.92 Å². The molecular weight excluding hydrogens is 628 g/mol. The van der Waals surface area contributed by atoms with E-state index < -0.39 is 122 Å². The fraction of sp³-hybridized carbons (Fsp3) is 0.704. The van der Waals surface area contributed by atoms with Crippen molar-refractivity contribution in [2.45, 2.75) is 83.9 Å². The van der Waals surface area contributed by atoms with Crippen molar-refractivity contribution < 1.29 is 58.8 Å². The minimum Gasteiger partial charge on any atom is -0.480 e. The second-order valence-corrected chi connectivity index (χ2v) is 11.3. The van der Waals surface area contributed by atoms with E-state index in [1.54, 1.807) is 13.8 Å². The third-order valence-corrected chi connectivity index (χ3v) is 6.59. The number of carboxylic acids is 1. The average molecular weight is 677 g/mol. The first-order valence-corrected chi connectivity index (χ1v) is 14.7. The molecule has 268 valence electrons. The number of carboxylic acid groups (broad SMARTS) is 1. The van der Waals surface area contributed by atoms with Gasteiger partial charge in [-0.15, -0.1) is 0 Å². The van der Waals surface area contributed by atoms with Crippen molar-refractivity contribution in [3.63, 3.8) is 0 Å². The number of nitrogens with one attached hydrogen (secondary N) is 7. The number of hydrogen-bond acceptors (Lipinski definition) is 12. The molecule has 7 amide bonds. The third-order valence-electron chi connectivity index (χ3n) is 6.59. The first-order valence-electron chi connectivity index (χ1n) is 14.7. The Morgan fingerprint density at radius 3 is 1.51 bits per heavy atom. The summed E-state index contributed by atoms with van der Waals surface area (Å²) in [5.74, 6) is -8.45. The molecule has 47 heavy (non-hydrogen) atoms. The van der Waals surface area contributed by atoms with Gasteiger partial charge in [0, 0.05) is 0 Å². The maximum atomic E-state index is 12.8. The molecule has 0 spiro atoms. The molecule has 0 bridgehead atoms. The number of carbonyl (C=O) groups is 8. The molecule has 20 nitrogen and oxygen atoms in total. The summed E-state index contributed by atoms with van der Waals surface area (Å²) in [6, 6.07) is -8.27. The first kappa shape index (κ1) is 42.6. The SMILES string of the molecule is CC(C)[C@H](N)C(=O)N[C@@H](C)C(=O)NCC(=O)NCC(=O)N[C@H](C(=O)N[C@@H](CO)C(=O)N[C@@H](CO)C(=O)N[C@H](C(=O)O)C(C)C)[C@@H](C)O. The van der Waals surface area contributed by atoms with Gasteiger partial charge in [-0.25, -0.2) is 4.79 Å². The van der Waals surface area contributed by atoms with Gasteiger partial charge in [-0.1, -0.05) is 27.7 Å². The van der Waals surface area contributed by atoms with Crippen LogP contribution in [-0.4, -0.2) is 136 Å². The maximum Gasteiger partial charge on any atom is 0.326 e. The highest BCUT2D eigenvalue weighted by atomic mass is 16.4. The van der Waals surface area contributed by atoms with E-state index >= 15 is 0 Å². The van der Waals surface area contributed by atoms with Crippen LogP contribution >= 0.6 is 0 Å². The van der Waals surface area contributed by atoms with Crippen LogP contribution < -0.4 is 43.0 Å². The van der Waals surface area contributed by atoms with Crippen LogP contribution in [0.25, 0.3) is 0 Å². The summed E-state index contributed by atoms with van der Waals surface area (Å²) < 4.78 is 0. The van der Waals surface area contributed by atoms with E-state index in [0.717, 1.165) is 6.92 Å². The highest BCUT2D eigenvalue weighted by Gasteiger charge is 2.33. The minimum absolute atomic E-state index is 0.173. The van der Waals surface area contributed by atoms with Gasteiger partial charge >= 0.3 is 5.97 Å². The summed E-state index contributed by atoms with van der Waals surface area (Å²) in [6.45, 7) is 5.74. The smallest absolute Gasteiger partial charge is 0.326 e. The quantitative estimate of drug-likeness (QED) is 0.0572. The second kappa shape index (κ2) is 20.7. The number of rotatable bonds is 20. The summed E-state index contributed by atoms with van der Waals surface area (Å²) in [5.41, 5.74) is 5.72. The summed E-state index contributed by atoms with van der Waals surface area (Å²) in [5, 5.41) is 53.8. The van der Waals surface area contributed by atoms with Gasteiger partial charge in [-0.3, -0.25) is 33.6 Å². The highest BCUT2D eigenvalue weighted by Crippen LogP contribution is 2.03. The predicted molar refractivity (Wildman–Crippen MR) is 162 cm³/mol. The molecule has 0 radical (unpaired) electrons.